The highest BCUT2D eigenvalue weighted by Crippen LogP contribution is 2.26. The molecule has 0 fully saturated rings. The first-order valence-corrected chi connectivity index (χ1v) is 11.5. The Kier molecular flexibility index (Phi) is 17.9. The van der Waals surface area contributed by atoms with Gasteiger partial charge in [-0.25, -0.2) is 0 Å². The van der Waals surface area contributed by atoms with Gasteiger partial charge in [-0.2, -0.15) is 0 Å². The second kappa shape index (κ2) is 18.9. The van der Waals surface area contributed by atoms with Crippen LogP contribution in [0.4, 0.5) is 0 Å². The lowest BCUT2D eigenvalue weighted by Crippen LogP contribution is -2.06. The van der Waals surface area contributed by atoms with Crippen molar-refractivity contribution in [1.29, 1.82) is 0 Å². The van der Waals surface area contributed by atoms with Gasteiger partial charge in [0.15, 0.2) is 0 Å². The molecule has 0 aromatic carbocycles. The summed E-state index contributed by atoms with van der Waals surface area (Å²) in [4.78, 5) is 21.2. The zero-order valence-corrected chi connectivity index (χ0v) is 18.8. The first-order chi connectivity index (χ1) is 13.6. The van der Waals surface area contributed by atoms with Crippen LogP contribution in [0.3, 0.4) is 0 Å². The molecule has 1 unspecified atom stereocenters. The quantitative estimate of drug-likeness (QED) is 0.131. The number of carbonyl (C=O) groups excluding carboxylic acids is 2. The summed E-state index contributed by atoms with van der Waals surface area (Å²) >= 11 is 0. The van der Waals surface area contributed by atoms with E-state index < -0.39 is 0 Å². The third-order valence-electron chi connectivity index (χ3n) is 5.48. The lowest BCUT2D eigenvalue weighted by Gasteiger charge is -2.19. The molecule has 0 heterocycles. The lowest BCUT2D eigenvalue weighted by molar-refractivity contribution is -0.105. The van der Waals surface area contributed by atoms with E-state index in [1.807, 2.05) is 6.08 Å². The van der Waals surface area contributed by atoms with Crippen molar-refractivity contribution in [1.82, 2.24) is 0 Å². The number of hydrogen-bond donors (Lipinski definition) is 0. The van der Waals surface area contributed by atoms with Gasteiger partial charge in [-0.05, 0) is 68.9 Å². The molecule has 0 aromatic rings. The average Bonchev–Trinajstić information content (AvgIpc) is 2.72. The maximum Gasteiger partial charge on any atom is 0.145 e. The van der Waals surface area contributed by atoms with E-state index >= 15 is 0 Å². The minimum Gasteiger partial charge on any atom is -0.298 e. The van der Waals surface area contributed by atoms with E-state index in [4.69, 9.17) is 0 Å². The van der Waals surface area contributed by atoms with Gasteiger partial charge in [0.2, 0.25) is 0 Å². The summed E-state index contributed by atoms with van der Waals surface area (Å²) in [7, 11) is 0. The van der Waals surface area contributed by atoms with Crippen LogP contribution >= 0.6 is 0 Å². The monoisotopic (exact) mass is 388 g/mol. The van der Waals surface area contributed by atoms with Gasteiger partial charge in [-0.15, -0.1) is 0 Å². The Morgan fingerprint density at radius 3 is 2.18 bits per heavy atom. The van der Waals surface area contributed by atoms with E-state index in [0.717, 1.165) is 55.8 Å². The highest BCUT2D eigenvalue weighted by Gasteiger charge is 2.13. The van der Waals surface area contributed by atoms with Crippen LogP contribution in [0.15, 0.2) is 35.5 Å². The lowest BCUT2D eigenvalue weighted by atomic mass is 9.86. The Labute approximate surface area is 174 Å². The zero-order valence-electron chi connectivity index (χ0n) is 18.8. The SMILES string of the molecule is C=C(C)C1CC=C(C=O)CC1.CCCCCCCC=C(C=O)CCCCCC. The molecule has 28 heavy (non-hydrogen) atoms. The molecule has 160 valence electrons. The van der Waals surface area contributed by atoms with E-state index in [1.54, 1.807) is 0 Å². The second-order valence-corrected chi connectivity index (χ2v) is 8.12. The van der Waals surface area contributed by atoms with Gasteiger partial charge < -0.3 is 0 Å². The van der Waals surface area contributed by atoms with Crippen LogP contribution in [-0.4, -0.2) is 12.6 Å². The Balaban J connectivity index is 0.000000567. The number of rotatable bonds is 14. The van der Waals surface area contributed by atoms with Gasteiger partial charge in [0.05, 0.1) is 0 Å². The number of allylic oxidation sites excluding steroid dienone is 5. The van der Waals surface area contributed by atoms with Crippen molar-refractivity contribution in [3.05, 3.63) is 35.5 Å². The van der Waals surface area contributed by atoms with Crippen LogP contribution in [-0.2, 0) is 9.59 Å². The molecule has 0 spiro atoms. The molecule has 2 nitrogen and oxygen atoms in total. The Bertz CT molecular complexity index is 485. The first-order valence-electron chi connectivity index (χ1n) is 11.5. The van der Waals surface area contributed by atoms with E-state index in [1.165, 1.54) is 63.4 Å². The van der Waals surface area contributed by atoms with Gasteiger partial charge in [0.1, 0.15) is 12.6 Å². The fourth-order valence-corrected chi connectivity index (χ4v) is 3.41. The molecule has 0 radical (unpaired) electrons. The van der Waals surface area contributed by atoms with Crippen LogP contribution < -0.4 is 0 Å². The second-order valence-electron chi connectivity index (χ2n) is 8.12. The molecule has 1 aliphatic rings. The Morgan fingerprint density at radius 2 is 1.68 bits per heavy atom. The van der Waals surface area contributed by atoms with Crippen LogP contribution in [0.25, 0.3) is 0 Å². The highest BCUT2D eigenvalue weighted by molar-refractivity contribution is 5.73. The molecule has 0 saturated carbocycles. The van der Waals surface area contributed by atoms with Crippen molar-refractivity contribution in [2.75, 3.05) is 0 Å². The third-order valence-corrected chi connectivity index (χ3v) is 5.48. The molecule has 0 saturated heterocycles. The van der Waals surface area contributed by atoms with E-state index in [2.05, 4.69) is 33.4 Å². The van der Waals surface area contributed by atoms with Gasteiger partial charge in [0, 0.05) is 0 Å². The molecule has 0 amide bonds. The first kappa shape index (κ1) is 26.6. The molecule has 1 atom stereocenters. The van der Waals surface area contributed by atoms with Crippen LogP contribution in [0.5, 0.6) is 0 Å². The fraction of sp³-hybridized carbons (Fsp3) is 0.692. The minimum atomic E-state index is 0.610. The predicted molar refractivity (Wildman–Crippen MR) is 123 cm³/mol. The van der Waals surface area contributed by atoms with E-state index in [-0.39, 0.29) is 0 Å². The number of hydrogen-bond acceptors (Lipinski definition) is 2. The predicted octanol–water partition coefficient (Wildman–Crippen LogP) is 7.93. The van der Waals surface area contributed by atoms with Gasteiger partial charge in [-0.1, -0.05) is 83.1 Å². The average molecular weight is 389 g/mol. The normalized spacial score (nSPS) is 16.6. The fourth-order valence-electron chi connectivity index (χ4n) is 3.41. The molecule has 0 bridgehead atoms. The number of aldehydes is 2. The summed E-state index contributed by atoms with van der Waals surface area (Å²) in [6.45, 7) is 10.4. The van der Waals surface area contributed by atoms with Crippen molar-refractivity contribution < 1.29 is 9.59 Å². The summed E-state index contributed by atoms with van der Waals surface area (Å²) in [6, 6.07) is 0. The van der Waals surface area contributed by atoms with Crippen LogP contribution in [0.2, 0.25) is 0 Å². The third kappa shape index (κ3) is 14.6. The molecule has 0 N–H and O–H groups in total. The summed E-state index contributed by atoms with van der Waals surface area (Å²) in [5.74, 6) is 0.610. The topological polar surface area (TPSA) is 34.1 Å². The van der Waals surface area contributed by atoms with Gasteiger partial charge in [-0.3, -0.25) is 9.59 Å². The largest absolute Gasteiger partial charge is 0.298 e. The Morgan fingerprint density at radius 1 is 1.04 bits per heavy atom. The van der Waals surface area contributed by atoms with Crippen molar-refractivity contribution in [2.45, 2.75) is 111 Å². The van der Waals surface area contributed by atoms with Crippen molar-refractivity contribution >= 4 is 12.6 Å². The van der Waals surface area contributed by atoms with Crippen LogP contribution in [0.1, 0.15) is 111 Å². The molecule has 0 aromatic heterocycles. The summed E-state index contributed by atoms with van der Waals surface area (Å²) in [5.41, 5.74) is 3.23. The van der Waals surface area contributed by atoms with Crippen molar-refractivity contribution in [3.8, 4) is 0 Å². The zero-order chi connectivity index (χ0) is 21.0. The standard InChI is InChI=1S/C16H30O.C10H14O/c1-3-5-7-9-10-12-14-16(15-17)13-11-8-6-4-2;1-8(2)10-5-3-9(7-11)4-6-10/h14-15H,3-13H2,1-2H3;3,7,10H,1,4-6H2,2H3. The molecular weight excluding hydrogens is 344 g/mol. The number of unbranched alkanes of at least 4 members (excludes halogenated alkanes) is 8. The molecular formula is C26H44O2. The van der Waals surface area contributed by atoms with Gasteiger partial charge in [0.25, 0.3) is 0 Å². The number of carbonyl (C=O) groups is 2. The molecule has 2 heteroatoms. The molecule has 1 aliphatic carbocycles. The smallest absolute Gasteiger partial charge is 0.145 e. The minimum absolute atomic E-state index is 0.610. The maximum absolute atomic E-state index is 10.9. The Hall–Kier alpha value is -1.44. The van der Waals surface area contributed by atoms with E-state index in [0.29, 0.717) is 5.92 Å². The van der Waals surface area contributed by atoms with E-state index in [9.17, 15) is 9.59 Å². The molecule has 1 rings (SSSR count). The maximum atomic E-state index is 10.9. The van der Waals surface area contributed by atoms with Crippen molar-refractivity contribution in [3.63, 3.8) is 0 Å². The summed E-state index contributed by atoms with van der Waals surface area (Å²) < 4.78 is 0. The van der Waals surface area contributed by atoms with Gasteiger partial charge >= 0.3 is 0 Å². The van der Waals surface area contributed by atoms with Crippen molar-refractivity contribution in [2.24, 2.45) is 5.92 Å². The molecule has 0 aliphatic heterocycles. The summed E-state index contributed by atoms with van der Waals surface area (Å²) in [5, 5.41) is 0. The highest BCUT2D eigenvalue weighted by atomic mass is 16.1. The summed E-state index contributed by atoms with van der Waals surface area (Å²) in [6.07, 6.45) is 22.9. The van der Waals surface area contributed by atoms with Crippen LogP contribution in [0, 0.1) is 5.92 Å².